The molecule has 3 aromatic rings. The molecule has 0 aliphatic carbocycles. The lowest BCUT2D eigenvalue weighted by molar-refractivity contribution is 0.0950. The average Bonchev–Trinajstić information content (AvgIpc) is 3.00. The highest BCUT2D eigenvalue weighted by Crippen LogP contribution is 2.30. The van der Waals surface area contributed by atoms with E-state index in [4.69, 9.17) is 21.1 Å². The van der Waals surface area contributed by atoms with Crippen LogP contribution in [0.15, 0.2) is 42.5 Å². The summed E-state index contributed by atoms with van der Waals surface area (Å²) in [4.78, 5) is 12.8. The van der Waals surface area contributed by atoms with Crippen LogP contribution in [0.2, 0.25) is 5.15 Å². The Labute approximate surface area is 174 Å². The van der Waals surface area contributed by atoms with Gasteiger partial charge in [0.05, 0.1) is 17.8 Å². The van der Waals surface area contributed by atoms with Gasteiger partial charge in [-0.1, -0.05) is 47.5 Å². The quantitative estimate of drug-likeness (QED) is 0.691. The molecule has 150 valence electrons. The summed E-state index contributed by atoms with van der Waals surface area (Å²) in [6.07, 6.45) is 0. The summed E-state index contributed by atoms with van der Waals surface area (Å²) in [6, 6.07) is 13.8. The Bertz CT molecular complexity index is 1040. The van der Waals surface area contributed by atoms with Crippen molar-refractivity contribution in [1.82, 2.24) is 15.1 Å². The van der Waals surface area contributed by atoms with Gasteiger partial charge < -0.3 is 14.8 Å². The summed E-state index contributed by atoms with van der Waals surface area (Å²) in [6.45, 7) is 5.77. The maximum Gasteiger partial charge on any atom is 0.256 e. The predicted molar refractivity (Wildman–Crippen MR) is 111 cm³/mol. The number of carbonyl (C=O) groups excluding carboxylic acids is 1. The van der Waals surface area contributed by atoms with E-state index >= 15 is 0 Å². The molecule has 0 saturated carbocycles. The summed E-state index contributed by atoms with van der Waals surface area (Å²) in [5, 5.41) is 7.70. The van der Waals surface area contributed by atoms with E-state index < -0.39 is 0 Å². The Morgan fingerprint density at radius 3 is 2.52 bits per heavy atom. The van der Waals surface area contributed by atoms with Crippen molar-refractivity contribution < 1.29 is 14.3 Å². The number of hydrogen-bond acceptors (Lipinski definition) is 4. The summed E-state index contributed by atoms with van der Waals surface area (Å²) in [7, 11) is 0. The number of halogens is 1. The number of benzene rings is 2. The standard InChI is InChI=1S/C22H22ClN3O3/c1-14-3-5-16(6-4-14)13-26-21(23)20(15(2)25-26)22(27)24-12-17-7-8-18-19(11-17)29-10-9-28-18/h3-8,11H,9-10,12-13H2,1-2H3,(H,24,27). The van der Waals surface area contributed by atoms with Gasteiger partial charge in [-0.3, -0.25) is 4.79 Å². The van der Waals surface area contributed by atoms with E-state index in [0.717, 1.165) is 16.9 Å². The molecule has 0 bridgehead atoms. The first-order valence-corrected chi connectivity index (χ1v) is 9.84. The van der Waals surface area contributed by atoms with Gasteiger partial charge >= 0.3 is 0 Å². The van der Waals surface area contributed by atoms with Crippen LogP contribution in [-0.2, 0) is 13.1 Å². The summed E-state index contributed by atoms with van der Waals surface area (Å²) >= 11 is 6.49. The minimum absolute atomic E-state index is 0.252. The Morgan fingerprint density at radius 2 is 1.76 bits per heavy atom. The maximum atomic E-state index is 12.8. The third kappa shape index (κ3) is 4.22. The fourth-order valence-electron chi connectivity index (χ4n) is 3.25. The van der Waals surface area contributed by atoms with Crippen molar-refractivity contribution in [3.8, 4) is 11.5 Å². The number of rotatable bonds is 5. The molecule has 7 heteroatoms. The van der Waals surface area contributed by atoms with Crippen LogP contribution in [0.4, 0.5) is 0 Å². The first kappa shape index (κ1) is 19.3. The van der Waals surface area contributed by atoms with Crippen molar-refractivity contribution >= 4 is 17.5 Å². The van der Waals surface area contributed by atoms with E-state index in [1.165, 1.54) is 5.56 Å². The smallest absolute Gasteiger partial charge is 0.256 e. The van der Waals surface area contributed by atoms with Crippen molar-refractivity contribution in [2.45, 2.75) is 26.9 Å². The van der Waals surface area contributed by atoms with Crippen LogP contribution >= 0.6 is 11.6 Å². The van der Waals surface area contributed by atoms with Crippen molar-refractivity contribution in [2.24, 2.45) is 0 Å². The van der Waals surface area contributed by atoms with Gasteiger partial charge in [0.1, 0.15) is 18.4 Å². The van der Waals surface area contributed by atoms with Crippen molar-refractivity contribution in [1.29, 1.82) is 0 Å². The van der Waals surface area contributed by atoms with Gasteiger partial charge in [0, 0.05) is 6.54 Å². The molecule has 0 radical (unpaired) electrons. The summed E-state index contributed by atoms with van der Waals surface area (Å²) < 4.78 is 12.8. The number of aromatic nitrogens is 2. The fraction of sp³-hybridized carbons (Fsp3) is 0.273. The minimum Gasteiger partial charge on any atom is -0.486 e. The van der Waals surface area contributed by atoms with Crippen LogP contribution in [-0.4, -0.2) is 28.9 Å². The van der Waals surface area contributed by atoms with Crippen LogP contribution in [0.25, 0.3) is 0 Å². The second-order valence-corrected chi connectivity index (χ2v) is 7.41. The van der Waals surface area contributed by atoms with Crippen molar-refractivity contribution in [2.75, 3.05) is 13.2 Å². The Morgan fingerprint density at radius 1 is 1.07 bits per heavy atom. The average molecular weight is 412 g/mol. The normalized spacial score (nSPS) is 12.7. The number of ether oxygens (including phenoxy) is 2. The highest BCUT2D eigenvalue weighted by molar-refractivity contribution is 6.33. The van der Waals surface area contributed by atoms with Crippen LogP contribution in [0.1, 0.15) is 32.7 Å². The molecule has 2 aromatic carbocycles. The highest BCUT2D eigenvalue weighted by atomic mass is 35.5. The van der Waals surface area contributed by atoms with E-state index in [9.17, 15) is 4.79 Å². The molecule has 0 fully saturated rings. The van der Waals surface area contributed by atoms with Crippen LogP contribution < -0.4 is 14.8 Å². The monoisotopic (exact) mass is 411 g/mol. The molecule has 0 unspecified atom stereocenters. The molecule has 1 N–H and O–H groups in total. The van der Waals surface area contributed by atoms with Crippen molar-refractivity contribution in [3.63, 3.8) is 0 Å². The van der Waals surface area contributed by atoms with Gasteiger partial charge in [-0.2, -0.15) is 5.10 Å². The van der Waals surface area contributed by atoms with Gasteiger partial charge in [-0.15, -0.1) is 0 Å². The molecule has 2 heterocycles. The maximum absolute atomic E-state index is 12.8. The molecule has 0 atom stereocenters. The van der Waals surface area contributed by atoms with E-state index in [1.807, 2.05) is 49.4 Å². The lowest BCUT2D eigenvalue weighted by Crippen LogP contribution is -2.24. The van der Waals surface area contributed by atoms with Gasteiger partial charge in [-0.25, -0.2) is 4.68 Å². The largest absolute Gasteiger partial charge is 0.486 e. The van der Waals surface area contributed by atoms with Crippen LogP contribution in [0.3, 0.4) is 0 Å². The van der Waals surface area contributed by atoms with Crippen LogP contribution in [0.5, 0.6) is 11.5 Å². The molecular weight excluding hydrogens is 390 g/mol. The zero-order chi connectivity index (χ0) is 20.4. The number of carbonyl (C=O) groups is 1. The molecular formula is C22H22ClN3O3. The van der Waals surface area contributed by atoms with Crippen LogP contribution in [0, 0.1) is 13.8 Å². The molecule has 4 rings (SSSR count). The van der Waals surface area contributed by atoms with E-state index in [-0.39, 0.29) is 5.91 Å². The van der Waals surface area contributed by atoms with Gasteiger partial charge in [0.25, 0.3) is 5.91 Å². The first-order valence-electron chi connectivity index (χ1n) is 9.46. The molecule has 0 spiro atoms. The number of aryl methyl sites for hydroxylation is 2. The molecule has 0 saturated heterocycles. The minimum atomic E-state index is -0.252. The molecule has 1 aliphatic rings. The van der Waals surface area contributed by atoms with Gasteiger partial charge in [-0.05, 0) is 37.1 Å². The first-order chi connectivity index (χ1) is 14.0. The van der Waals surface area contributed by atoms with Crippen molar-refractivity contribution in [3.05, 3.63) is 75.6 Å². The number of hydrogen-bond donors (Lipinski definition) is 1. The highest BCUT2D eigenvalue weighted by Gasteiger charge is 2.20. The van der Waals surface area contributed by atoms with E-state index in [1.54, 1.807) is 11.6 Å². The Hall–Kier alpha value is -2.99. The van der Waals surface area contributed by atoms with E-state index in [0.29, 0.717) is 48.5 Å². The fourth-order valence-corrected chi connectivity index (χ4v) is 3.57. The lowest BCUT2D eigenvalue weighted by Gasteiger charge is -2.19. The third-order valence-corrected chi connectivity index (χ3v) is 5.19. The number of nitrogens with one attached hydrogen (secondary N) is 1. The number of fused-ring (bicyclic) bond motifs is 1. The molecule has 29 heavy (non-hydrogen) atoms. The van der Waals surface area contributed by atoms with Gasteiger partial charge in [0.15, 0.2) is 11.5 Å². The number of nitrogens with zero attached hydrogens (tertiary/aromatic N) is 2. The van der Waals surface area contributed by atoms with E-state index in [2.05, 4.69) is 10.4 Å². The Balaban J connectivity index is 1.46. The SMILES string of the molecule is Cc1ccc(Cn2nc(C)c(C(=O)NCc3ccc4c(c3)OCCO4)c2Cl)cc1. The summed E-state index contributed by atoms with van der Waals surface area (Å²) in [5.41, 5.74) is 4.18. The summed E-state index contributed by atoms with van der Waals surface area (Å²) in [5.74, 6) is 1.17. The number of amides is 1. The second-order valence-electron chi connectivity index (χ2n) is 7.06. The molecule has 1 aliphatic heterocycles. The molecule has 1 aromatic heterocycles. The second kappa shape index (κ2) is 8.17. The zero-order valence-corrected chi connectivity index (χ0v) is 17.1. The molecule has 6 nitrogen and oxygen atoms in total. The predicted octanol–water partition coefficient (Wildman–Crippen LogP) is 3.90. The lowest BCUT2D eigenvalue weighted by atomic mass is 10.1. The van der Waals surface area contributed by atoms with Gasteiger partial charge in [0.2, 0.25) is 0 Å². The Kier molecular flexibility index (Phi) is 5.45. The molecule has 1 amide bonds. The third-order valence-electron chi connectivity index (χ3n) is 4.81. The zero-order valence-electron chi connectivity index (χ0n) is 16.4. The topological polar surface area (TPSA) is 65.4 Å².